The molecule has 1 aromatic carbocycles. The third-order valence-corrected chi connectivity index (χ3v) is 4.35. The Hall–Kier alpha value is -1.81. The van der Waals surface area contributed by atoms with Gasteiger partial charge in [0.15, 0.2) is 0 Å². The van der Waals surface area contributed by atoms with Crippen molar-refractivity contribution in [1.82, 2.24) is 4.90 Å². The molecule has 1 N–H and O–H groups in total. The van der Waals surface area contributed by atoms with E-state index in [-0.39, 0.29) is 11.9 Å². The summed E-state index contributed by atoms with van der Waals surface area (Å²) in [6.45, 7) is 4.38. The number of thiophene rings is 1. The number of rotatable bonds is 5. The van der Waals surface area contributed by atoms with E-state index in [1.807, 2.05) is 24.3 Å². The summed E-state index contributed by atoms with van der Waals surface area (Å²) in [6, 6.07) is 12.1. The molecule has 0 bridgehead atoms. The van der Waals surface area contributed by atoms with Crippen LogP contribution in [0.1, 0.15) is 35.1 Å². The predicted molar refractivity (Wildman–Crippen MR) is 90.0 cm³/mol. The zero-order valence-electron chi connectivity index (χ0n) is 13.0. The lowest BCUT2D eigenvalue weighted by Gasteiger charge is -2.24. The zero-order valence-corrected chi connectivity index (χ0v) is 13.8. The highest BCUT2D eigenvalue weighted by atomic mass is 32.1. The molecule has 1 heterocycles. The SMILES string of the molecule is CC(C)C(Nc1ccccc1C(=O)N(C)C)c1cccs1. The molecule has 1 unspecified atom stereocenters. The maximum atomic E-state index is 12.3. The number of carbonyl (C=O) groups excluding carboxylic acids is 1. The summed E-state index contributed by atoms with van der Waals surface area (Å²) < 4.78 is 0. The lowest BCUT2D eigenvalue weighted by atomic mass is 10.0. The fraction of sp³-hybridized carbons (Fsp3) is 0.353. The molecule has 21 heavy (non-hydrogen) atoms. The number of para-hydroxylation sites is 1. The minimum atomic E-state index is 0.0202. The van der Waals surface area contributed by atoms with Gasteiger partial charge in [-0.3, -0.25) is 4.79 Å². The van der Waals surface area contributed by atoms with E-state index in [1.165, 1.54) is 4.88 Å². The van der Waals surface area contributed by atoms with Crippen molar-refractivity contribution in [1.29, 1.82) is 0 Å². The first-order valence-electron chi connectivity index (χ1n) is 7.11. The number of amides is 1. The number of hydrogen-bond acceptors (Lipinski definition) is 3. The molecule has 1 amide bonds. The van der Waals surface area contributed by atoms with Crippen LogP contribution in [0.25, 0.3) is 0 Å². The molecule has 0 radical (unpaired) electrons. The van der Waals surface area contributed by atoms with Crippen LogP contribution in [-0.2, 0) is 0 Å². The molecule has 4 heteroatoms. The minimum absolute atomic E-state index is 0.0202. The fourth-order valence-electron chi connectivity index (χ4n) is 2.24. The van der Waals surface area contributed by atoms with Gasteiger partial charge in [0.1, 0.15) is 0 Å². The monoisotopic (exact) mass is 302 g/mol. The van der Waals surface area contributed by atoms with Crippen molar-refractivity contribution < 1.29 is 4.79 Å². The first-order chi connectivity index (χ1) is 10.0. The summed E-state index contributed by atoms with van der Waals surface area (Å²) in [7, 11) is 3.55. The van der Waals surface area contributed by atoms with E-state index < -0.39 is 0 Å². The number of benzene rings is 1. The van der Waals surface area contributed by atoms with E-state index in [2.05, 4.69) is 36.7 Å². The number of carbonyl (C=O) groups is 1. The maximum Gasteiger partial charge on any atom is 0.255 e. The quantitative estimate of drug-likeness (QED) is 0.895. The third-order valence-electron chi connectivity index (χ3n) is 3.39. The van der Waals surface area contributed by atoms with Crippen LogP contribution >= 0.6 is 11.3 Å². The predicted octanol–water partition coefficient (Wildman–Crippen LogP) is 4.26. The van der Waals surface area contributed by atoms with E-state index in [9.17, 15) is 4.79 Å². The summed E-state index contributed by atoms with van der Waals surface area (Å²) in [6.07, 6.45) is 0. The highest BCUT2D eigenvalue weighted by Gasteiger charge is 2.20. The highest BCUT2D eigenvalue weighted by Crippen LogP contribution is 2.31. The van der Waals surface area contributed by atoms with Gasteiger partial charge in [0.2, 0.25) is 0 Å². The van der Waals surface area contributed by atoms with Gasteiger partial charge in [-0.1, -0.05) is 32.0 Å². The second kappa shape index (κ2) is 6.76. The molecule has 2 aromatic rings. The van der Waals surface area contributed by atoms with Crippen molar-refractivity contribution in [2.75, 3.05) is 19.4 Å². The largest absolute Gasteiger partial charge is 0.377 e. The summed E-state index contributed by atoms with van der Waals surface area (Å²) in [5.74, 6) is 0.456. The van der Waals surface area contributed by atoms with E-state index in [4.69, 9.17) is 0 Å². The summed E-state index contributed by atoms with van der Waals surface area (Å²) in [5, 5.41) is 5.63. The molecule has 1 aromatic heterocycles. The van der Waals surface area contributed by atoms with Crippen molar-refractivity contribution in [3.8, 4) is 0 Å². The minimum Gasteiger partial charge on any atom is -0.377 e. The van der Waals surface area contributed by atoms with Gasteiger partial charge in [-0.25, -0.2) is 0 Å². The van der Waals surface area contributed by atoms with Gasteiger partial charge >= 0.3 is 0 Å². The fourth-order valence-corrected chi connectivity index (χ4v) is 3.19. The van der Waals surface area contributed by atoms with Crippen LogP contribution in [0.4, 0.5) is 5.69 Å². The Bertz CT molecular complexity index is 591. The van der Waals surface area contributed by atoms with Gasteiger partial charge < -0.3 is 10.2 Å². The van der Waals surface area contributed by atoms with Crippen LogP contribution in [0.3, 0.4) is 0 Å². The Morgan fingerprint density at radius 3 is 2.43 bits per heavy atom. The first-order valence-corrected chi connectivity index (χ1v) is 7.99. The molecular weight excluding hydrogens is 280 g/mol. The summed E-state index contributed by atoms with van der Waals surface area (Å²) in [5.41, 5.74) is 1.60. The number of anilines is 1. The van der Waals surface area contributed by atoms with Crippen LogP contribution in [0, 0.1) is 5.92 Å². The second-order valence-corrected chi connectivity index (χ2v) is 6.61. The van der Waals surface area contributed by atoms with E-state index in [1.54, 1.807) is 30.3 Å². The van der Waals surface area contributed by atoms with Gasteiger partial charge in [0.25, 0.3) is 5.91 Å². The zero-order chi connectivity index (χ0) is 15.4. The molecular formula is C17H22N2OS. The topological polar surface area (TPSA) is 32.3 Å². The van der Waals surface area contributed by atoms with Gasteiger partial charge in [0.05, 0.1) is 11.6 Å². The Morgan fingerprint density at radius 1 is 1.14 bits per heavy atom. The van der Waals surface area contributed by atoms with Crippen molar-refractivity contribution in [2.45, 2.75) is 19.9 Å². The second-order valence-electron chi connectivity index (χ2n) is 5.63. The highest BCUT2D eigenvalue weighted by molar-refractivity contribution is 7.10. The molecule has 0 aliphatic rings. The van der Waals surface area contributed by atoms with E-state index in [0.717, 1.165) is 5.69 Å². The molecule has 0 saturated carbocycles. The van der Waals surface area contributed by atoms with Crippen LogP contribution in [-0.4, -0.2) is 24.9 Å². The molecule has 0 aliphatic carbocycles. The summed E-state index contributed by atoms with van der Waals surface area (Å²) >= 11 is 1.74. The molecule has 0 saturated heterocycles. The summed E-state index contributed by atoms with van der Waals surface area (Å²) in [4.78, 5) is 15.2. The van der Waals surface area contributed by atoms with Crippen LogP contribution in [0.5, 0.6) is 0 Å². The van der Waals surface area contributed by atoms with Crippen LogP contribution < -0.4 is 5.32 Å². The van der Waals surface area contributed by atoms with Crippen molar-refractivity contribution in [3.05, 3.63) is 52.2 Å². The lowest BCUT2D eigenvalue weighted by Crippen LogP contribution is -2.24. The van der Waals surface area contributed by atoms with Gasteiger partial charge in [-0.05, 0) is 29.5 Å². The Morgan fingerprint density at radius 2 is 1.86 bits per heavy atom. The van der Waals surface area contributed by atoms with E-state index in [0.29, 0.717) is 11.5 Å². The maximum absolute atomic E-state index is 12.3. The Labute approximate surface area is 130 Å². The van der Waals surface area contributed by atoms with Crippen molar-refractivity contribution in [3.63, 3.8) is 0 Å². The average molecular weight is 302 g/mol. The third kappa shape index (κ3) is 3.64. The van der Waals surface area contributed by atoms with Crippen molar-refractivity contribution >= 4 is 22.9 Å². The van der Waals surface area contributed by atoms with Crippen LogP contribution in [0.15, 0.2) is 41.8 Å². The molecule has 2 rings (SSSR count). The van der Waals surface area contributed by atoms with Crippen LogP contribution in [0.2, 0.25) is 0 Å². The Balaban J connectivity index is 2.32. The number of hydrogen-bond donors (Lipinski definition) is 1. The molecule has 0 spiro atoms. The Kier molecular flexibility index (Phi) is 5.02. The molecule has 0 aliphatic heterocycles. The smallest absolute Gasteiger partial charge is 0.255 e. The molecule has 0 fully saturated rings. The molecule has 1 atom stereocenters. The van der Waals surface area contributed by atoms with Gasteiger partial charge in [-0.15, -0.1) is 11.3 Å². The molecule has 112 valence electrons. The van der Waals surface area contributed by atoms with Crippen molar-refractivity contribution in [2.24, 2.45) is 5.92 Å². The lowest BCUT2D eigenvalue weighted by molar-refractivity contribution is 0.0828. The average Bonchev–Trinajstić information content (AvgIpc) is 2.97. The number of nitrogens with zero attached hydrogens (tertiary/aromatic N) is 1. The normalized spacial score (nSPS) is 12.2. The van der Waals surface area contributed by atoms with Gasteiger partial charge in [-0.2, -0.15) is 0 Å². The molecule has 3 nitrogen and oxygen atoms in total. The van der Waals surface area contributed by atoms with E-state index >= 15 is 0 Å². The standard InChI is InChI=1S/C17H22N2OS/c1-12(2)16(15-10-7-11-21-15)18-14-9-6-5-8-13(14)17(20)19(3)4/h5-12,16,18H,1-4H3. The number of nitrogens with one attached hydrogen (secondary N) is 1. The first kappa shape index (κ1) is 15.6. The van der Waals surface area contributed by atoms with Gasteiger partial charge in [0, 0.05) is 24.7 Å².